The number of quaternary nitrogens is 1. The quantitative estimate of drug-likeness (QED) is 0.795. The summed E-state index contributed by atoms with van der Waals surface area (Å²) in [7, 11) is 0. The number of hydrogen-bond acceptors (Lipinski definition) is 3. The van der Waals surface area contributed by atoms with E-state index in [0.717, 1.165) is 23.4 Å². The standard InChI is InChI=1S/C15H21NO3/c1-11-9-13(15(17)18)10-12(2)14(11)19-8-7-16-5-3-4-6-16/h9-10H,3-8H2,1-2H3,(H,17,18). The van der Waals surface area contributed by atoms with E-state index in [-0.39, 0.29) is 5.56 Å². The lowest BCUT2D eigenvalue weighted by molar-refractivity contribution is -0.887. The monoisotopic (exact) mass is 263 g/mol. The molecule has 19 heavy (non-hydrogen) atoms. The first-order valence-electron chi connectivity index (χ1n) is 6.87. The van der Waals surface area contributed by atoms with Gasteiger partial charge in [0.05, 0.1) is 19.1 Å². The molecular weight excluding hydrogens is 242 g/mol. The highest BCUT2D eigenvalue weighted by Crippen LogP contribution is 2.24. The lowest BCUT2D eigenvalue weighted by Gasteiger charge is -2.16. The Balaban J connectivity index is 1.97. The number of carbonyl (C=O) groups excluding carboxylic acids is 1. The molecule has 1 fully saturated rings. The van der Waals surface area contributed by atoms with Crippen molar-refractivity contribution in [3.8, 4) is 5.75 Å². The highest BCUT2D eigenvalue weighted by Gasteiger charge is 2.15. The van der Waals surface area contributed by atoms with Crippen LogP contribution in [0.4, 0.5) is 0 Å². The molecule has 0 radical (unpaired) electrons. The topological polar surface area (TPSA) is 53.8 Å². The van der Waals surface area contributed by atoms with Gasteiger partial charge in [-0.15, -0.1) is 0 Å². The summed E-state index contributed by atoms with van der Waals surface area (Å²) in [5, 5.41) is 10.8. The largest absolute Gasteiger partial charge is 0.545 e. The van der Waals surface area contributed by atoms with Crippen molar-refractivity contribution >= 4 is 5.97 Å². The Morgan fingerprint density at radius 3 is 2.37 bits per heavy atom. The molecular formula is C15H21NO3. The Bertz CT molecular complexity index is 441. The van der Waals surface area contributed by atoms with Crippen molar-refractivity contribution in [2.24, 2.45) is 0 Å². The fourth-order valence-electron chi connectivity index (χ4n) is 2.72. The molecule has 1 aromatic carbocycles. The molecule has 1 aliphatic heterocycles. The molecule has 0 unspecified atom stereocenters. The number of hydrogen-bond donors (Lipinski definition) is 1. The maximum atomic E-state index is 10.8. The van der Waals surface area contributed by atoms with Crippen LogP contribution in [0.3, 0.4) is 0 Å². The lowest BCUT2D eigenvalue weighted by atomic mass is 10.1. The van der Waals surface area contributed by atoms with Gasteiger partial charge in [0, 0.05) is 12.8 Å². The fraction of sp³-hybridized carbons (Fsp3) is 0.533. The summed E-state index contributed by atoms with van der Waals surface area (Å²) in [5.41, 5.74) is 1.93. The second-order valence-corrected chi connectivity index (χ2v) is 5.28. The highest BCUT2D eigenvalue weighted by atomic mass is 16.5. The maximum absolute atomic E-state index is 10.8. The Morgan fingerprint density at radius 2 is 1.84 bits per heavy atom. The molecule has 0 spiro atoms. The number of carboxylic acids is 1. The highest BCUT2D eigenvalue weighted by molar-refractivity contribution is 5.86. The van der Waals surface area contributed by atoms with Gasteiger partial charge in [0.15, 0.2) is 0 Å². The number of nitrogens with one attached hydrogen (secondary N) is 1. The summed E-state index contributed by atoms with van der Waals surface area (Å²) in [6.45, 7) is 7.92. The molecule has 1 aromatic rings. The van der Waals surface area contributed by atoms with Gasteiger partial charge >= 0.3 is 0 Å². The predicted molar refractivity (Wildman–Crippen MR) is 70.5 cm³/mol. The van der Waals surface area contributed by atoms with Crippen LogP contribution >= 0.6 is 0 Å². The minimum atomic E-state index is -1.14. The number of carbonyl (C=O) groups is 1. The molecule has 104 valence electrons. The smallest absolute Gasteiger partial charge is 0.137 e. The van der Waals surface area contributed by atoms with E-state index in [1.165, 1.54) is 25.9 Å². The molecule has 0 aliphatic carbocycles. The number of aryl methyl sites for hydroxylation is 2. The van der Waals surface area contributed by atoms with Gasteiger partial charge in [0.1, 0.15) is 18.9 Å². The summed E-state index contributed by atoms with van der Waals surface area (Å²) in [6.07, 6.45) is 2.63. The van der Waals surface area contributed by atoms with Crippen LogP contribution in [0.15, 0.2) is 12.1 Å². The molecule has 2 rings (SSSR count). The SMILES string of the molecule is Cc1cc(C(=O)[O-])cc(C)c1OCC[NH+]1CCCC1. The van der Waals surface area contributed by atoms with Crippen molar-refractivity contribution < 1.29 is 19.5 Å². The van der Waals surface area contributed by atoms with Crippen molar-refractivity contribution in [1.29, 1.82) is 0 Å². The molecule has 1 heterocycles. The Labute approximate surface area is 114 Å². The second kappa shape index (κ2) is 6.06. The van der Waals surface area contributed by atoms with E-state index in [1.807, 2.05) is 13.8 Å². The first-order chi connectivity index (χ1) is 9.08. The van der Waals surface area contributed by atoms with E-state index in [1.54, 1.807) is 17.0 Å². The van der Waals surface area contributed by atoms with E-state index < -0.39 is 5.97 Å². The fourth-order valence-corrected chi connectivity index (χ4v) is 2.72. The van der Waals surface area contributed by atoms with Crippen molar-refractivity contribution in [1.82, 2.24) is 0 Å². The van der Waals surface area contributed by atoms with Crippen molar-refractivity contribution in [2.75, 3.05) is 26.2 Å². The second-order valence-electron chi connectivity index (χ2n) is 5.28. The van der Waals surface area contributed by atoms with Gasteiger partial charge in [-0.2, -0.15) is 0 Å². The van der Waals surface area contributed by atoms with Crippen molar-refractivity contribution in [2.45, 2.75) is 26.7 Å². The summed E-state index contributed by atoms with van der Waals surface area (Å²) >= 11 is 0. The van der Waals surface area contributed by atoms with E-state index >= 15 is 0 Å². The summed E-state index contributed by atoms with van der Waals surface area (Å²) in [5.74, 6) is -0.331. The van der Waals surface area contributed by atoms with Gasteiger partial charge in [0.2, 0.25) is 0 Å². The summed E-state index contributed by atoms with van der Waals surface area (Å²) in [4.78, 5) is 12.4. The summed E-state index contributed by atoms with van der Waals surface area (Å²) < 4.78 is 5.83. The predicted octanol–water partition coefficient (Wildman–Crippen LogP) is -0.276. The van der Waals surface area contributed by atoms with Crippen LogP contribution in [0.25, 0.3) is 0 Å². The molecule has 1 N–H and O–H groups in total. The lowest BCUT2D eigenvalue weighted by Crippen LogP contribution is -3.10. The average Bonchev–Trinajstić information content (AvgIpc) is 2.85. The minimum absolute atomic E-state index is 0.215. The van der Waals surface area contributed by atoms with Crippen LogP contribution in [0.2, 0.25) is 0 Å². The molecule has 4 nitrogen and oxygen atoms in total. The third-order valence-corrected chi connectivity index (χ3v) is 3.71. The molecule has 0 atom stereocenters. The number of rotatable bonds is 5. The zero-order chi connectivity index (χ0) is 13.8. The Hall–Kier alpha value is -1.55. The van der Waals surface area contributed by atoms with Gasteiger partial charge in [-0.05, 0) is 42.7 Å². The first kappa shape index (κ1) is 13.9. The molecule has 1 aliphatic rings. The zero-order valence-electron chi connectivity index (χ0n) is 11.6. The van der Waals surface area contributed by atoms with E-state index in [2.05, 4.69) is 0 Å². The molecule has 4 heteroatoms. The number of aromatic carboxylic acids is 1. The Kier molecular flexibility index (Phi) is 4.43. The van der Waals surface area contributed by atoms with Crippen LogP contribution in [0, 0.1) is 13.8 Å². The summed E-state index contributed by atoms with van der Waals surface area (Å²) in [6, 6.07) is 3.22. The average molecular weight is 263 g/mol. The first-order valence-corrected chi connectivity index (χ1v) is 6.87. The van der Waals surface area contributed by atoms with Crippen LogP contribution in [-0.2, 0) is 0 Å². The van der Waals surface area contributed by atoms with E-state index in [4.69, 9.17) is 4.74 Å². The van der Waals surface area contributed by atoms with Gasteiger partial charge in [0.25, 0.3) is 0 Å². The third kappa shape index (κ3) is 3.47. The minimum Gasteiger partial charge on any atom is -0.545 e. The van der Waals surface area contributed by atoms with Crippen LogP contribution in [0.1, 0.15) is 34.3 Å². The number of ether oxygens (including phenoxy) is 1. The normalized spacial score (nSPS) is 15.7. The van der Waals surface area contributed by atoms with E-state index in [9.17, 15) is 9.90 Å². The van der Waals surface area contributed by atoms with Gasteiger partial charge in [-0.25, -0.2) is 0 Å². The third-order valence-electron chi connectivity index (χ3n) is 3.71. The van der Waals surface area contributed by atoms with Crippen molar-refractivity contribution in [3.63, 3.8) is 0 Å². The molecule has 0 aromatic heterocycles. The van der Waals surface area contributed by atoms with E-state index in [0.29, 0.717) is 6.61 Å². The molecule has 0 bridgehead atoms. The van der Waals surface area contributed by atoms with Crippen LogP contribution in [-0.4, -0.2) is 32.2 Å². The van der Waals surface area contributed by atoms with Crippen molar-refractivity contribution in [3.05, 3.63) is 28.8 Å². The Morgan fingerprint density at radius 1 is 1.26 bits per heavy atom. The van der Waals surface area contributed by atoms with Gasteiger partial charge in [-0.3, -0.25) is 0 Å². The van der Waals surface area contributed by atoms with Crippen LogP contribution in [0.5, 0.6) is 5.75 Å². The van der Waals surface area contributed by atoms with Gasteiger partial charge in [-0.1, -0.05) is 0 Å². The number of carboxylic acid groups (broad SMARTS) is 1. The van der Waals surface area contributed by atoms with Crippen LogP contribution < -0.4 is 14.7 Å². The molecule has 0 saturated carbocycles. The number of likely N-dealkylation sites (tertiary alicyclic amines) is 1. The van der Waals surface area contributed by atoms with Gasteiger partial charge < -0.3 is 19.5 Å². The number of benzene rings is 1. The zero-order valence-corrected chi connectivity index (χ0v) is 11.6. The molecule has 1 saturated heterocycles. The molecule has 0 amide bonds. The maximum Gasteiger partial charge on any atom is 0.137 e.